The Balaban J connectivity index is 1.71. The Hall–Kier alpha value is -3.62. The van der Waals surface area contributed by atoms with Crippen LogP contribution in [-0.4, -0.2) is 32.4 Å². The summed E-state index contributed by atoms with van der Waals surface area (Å²) < 4.78 is 7.02. The molecule has 0 unspecified atom stereocenters. The van der Waals surface area contributed by atoms with Gasteiger partial charge in [0.1, 0.15) is 11.6 Å². The number of rotatable bonds is 7. The third-order valence-corrected chi connectivity index (χ3v) is 4.53. The molecular weight excluding hydrogens is 384 g/mol. The highest BCUT2D eigenvalue weighted by Gasteiger charge is 2.14. The van der Waals surface area contributed by atoms with Crippen molar-refractivity contribution in [2.24, 2.45) is 0 Å². The van der Waals surface area contributed by atoms with Gasteiger partial charge in [0, 0.05) is 23.0 Å². The van der Waals surface area contributed by atoms with Gasteiger partial charge in [-0.05, 0) is 51.5 Å². The first-order valence-corrected chi connectivity index (χ1v) is 9.82. The molecule has 0 spiro atoms. The van der Waals surface area contributed by atoms with Crippen molar-refractivity contribution >= 4 is 17.5 Å². The number of ether oxygens (including phenoxy) is 1. The van der Waals surface area contributed by atoms with Crippen molar-refractivity contribution in [3.05, 3.63) is 57.6 Å². The van der Waals surface area contributed by atoms with Crippen molar-refractivity contribution in [1.29, 1.82) is 0 Å². The van der Waals surface area contributed by atoms with Gasteiger partial charge < -0.3 is 10.1 Å². The number of hydrogen-bond donors (Lipinski definition) is 3. The Kier molecular flexibility index (Phi) is 6.51. The van der Waals surface area contributed by atoms with Gasteiger partial charge in [-0.1, -0.05) is 13.3 Å². The SMILES string of the molecule is CCCCOc1ccc(NC(=O)Nc2cc(C)nn2-c2nc(C)c(C)c(=O)[nH]2)cc1. The third kappa shape index (κ3) is 5.05. The van der Waals surface area contributed by atoms with Crippen LogP contribution in [0.3, 0.4) is 0 Å². The number of carbonyl (C=O) groups excluding carboxylic acids is 1. The second kappa shape index (κ2) is 9.25. The summed E-state index contributed by atoms with van der Waals surface area (Å²) in [6, 6.07) is 8.41. The zero-order valence-electron chi connectivity index (χ0n) is 17.6. The number of nitrogens with one attached hydrogen (secondary N) is 3. The molecule has 0 atom stereocenters. The lowest BCUT2D eigenvalue weighted by Gasteiger charge is -2.11. The maximum atomic E-state index is 12.5. The highest BCUT2D eigenvalue weighted by Crippen LogP contribution is 2.18. The molecule has 3 N–H and O–H groups in total. The molecule has 2 amide bonds. The van der Waals surface area contributed by atoms with Gasteiger partial charge >= 0.3 is 6.03 Å². The summed E-state index contributed by atoms with van der Waals surface area (Å²) in [6.07, 6.45) is 2.07. The maximum absolute atomic E-state index is 12.5. The molecule has 0 saturated carbocycles. The van der Waals surface area contributed by atoms with E-state index in [0.29, 0.717) is 35.1 Å². The number of hydrogen-bond acceptors (Lipinski definition) is 5. The fourth-order valence-corrected chi connectivity index (χ4v) is 2.73. The molecule has 0 radical (unpaired) electrons. The largest absolute Gasteiger partial charge is 0.494 e. The van der Waals surface area contributed by atoms with Crippen LogP contribution in [0.25, 0.3) is 5.95 Å². The van der Waals surface area contributed by atoms with Gasteiger partial charge in [0.25, 0.3) is 5.56 Å². The van der Waals surface area contributed by atoms with E-state index in [1.165, 1.54) is 4.68 Å². The first kappa shape index (κ1) is 21.1. The van der Waals surface area contributed by atoms with Crippen LogP contribution in [0.2, 0.25) is 0 Å². The van der Waals surface area contributed by atoms with E-state index >= 15 is 0 Å². The lowest BCUT2D eigenvalue weighted by molar-refractivity contribution is 0.262. The van der Waals surface area contributed by atoms with Gasteiger partial charge in [-0.25, -0.2) is 9.78 Å². The molecule has 9 nitrogen and oxygen atoms in total. The van der Waals surface area contributed by atoms with Crippen LogP contribution >= 0.6 is 0 Å². The monoisotopic (exact) mass is 410 g/mol. The normalized spacial score (nSPS) is 10.7. The first-order valence-electron chi connectivity index (χ1n) is 9.82. The Morgan fingerprint density at radius 2 is 1.90 bits per heavy atom. The summed E-state index contributed by atoms with van der Waals surface area (Å²) in [4.78, 5) is 31.6. The molecule has 30 heavy (non-hydrogen) atoms. The number of urea groups is 1. The van der Waals surface area contributed by atoms with Gasteiger partial charge in [-0.2, -0.15) is 9.78 Å². The van der Waals surface area contributed by atoms with Gasteiger partial charge in [0.2, 0.25) is 5.95 Å². The number of H-pyrrole nitrogens is 1. The second-order valence-corrected chi connectivity index (χ2v) is 6.99. The van der Waals surface area contributed by atoms with E-state index in [4.69, 9.17) is 4.74 Å². The standard InChI is InChI=1S/C21H26N6O3/c1-5-6-11-30-17-9-7-16(8-10-17)23-21(29)24-18-12-13(2)26-27(18)20-22-15(4)14(3)19(28)25-20/h7-10,12H,5-6,11H2,1-4H3,(H,22,25,28)(H2,23,24,29). The summed E-state index contributed by atoms with van der Waals surface area (Å²) in [5.41, 5.74) is 2.17. The Labute approximate surface area is 174 Å². The molecule has 3 rings (SSSR count). The van der Waals surface area contributed by atoms with Crippen LogP contribution in [0, 0.1) is 20.8 Å². The second-order valence-electron chi connectivity index (χ2n) is 6.99. The van der Waals surface area contributed by atoms with Crippen molar-refractivity contribution in [2.45, 2.75) is 40.5 Å². The van der Waals surface area contributed by atoms with E-state index in [2.05, 4.69) is 32.6 Å². The van der Waals surface area contributed by atoms with Gasteiger partial charge in [-0.15, -0.1) is 0 Å². The minimum absolute atomic E-state index is 0.236. The molecule has 0 aliphatic rings. The maximum Gasteiger partial charge on any atom is 0.324 e. The topological polar surface area (TPSA) is 114 Å². The molecule has 0 aliphatic heterocycles. The summed E-state index contributed by atoms with van der Waals surface area (Å²) in [6.45, 7) is 8.01. The molecule has 1 aromatic carbocycles. The quantitative estimate of drug-likeness (QED) is 0.514. The number of carbonyl (C=O) groups is 1. The number of anilines is 2. The Morgan fingerprint density at radius 3 is 2.57 bits per heavy atom. The van der Waals surface area contributed by atoms with Crippen LogP contribution in [0.5, 0.6) is 5.75 Å². The van der Waals surface area contributed by atoms with Gasteiger partial charge in [0.15, 0.2) is 0 Å². The smallest absolute Gasteiger partial charge is 0.324 e. The van der Waals surface area contributed by atoms with Gasteiger partial charge in [-0.3, -0.25) is 15.1 Å². The van der Waals surface area contributed by atoms with E-state index < -0.39 is 6.03 Å². The predicted molar refractivity (Wildman–Crippen MR) is 116 cm³/mol. The summed E-state index contributed by atoms with van der Waals surface area (Å²) in [7, 11) is 0. The first-order chi connectivity index (χ1) is 14.4. The predicted octanol–water partition coefficient (Wildman–Crippen LogP) is 3.70. The highest BCUT2D eigenvalue weighted by atomic mass is 16.5. The average Bonchev–Trinajstić information content (AvgIpc) is 3.07. The molecule has 9 heteroatoms. The number of benzene rings is 1. The number of aromatic amines is 1. The number of amides is 2. The Bertz CT molecular complexity index is 1090. The van der Waals surface area contributed by atoms with Crippen LogP contribution in [0.4, 0.5) is 16.3 Å². The summed E-state index contributed by atoms with van der Waals surface area (Å²) in [5, 5.41) is 9.84. The number of unbranched alkanes of at least 4 members (excludes halogenated alkanes) is 1. The van der Waals surface area contributed by atoms with E-state index in [0.717, 1.165) is 18.6 Å². The van der Waals surface area contributed by atoms with Crippen molar-refractivity contribution in [2.75, 3.05) is 17.2 Å². The lowest BCUT2D eigenvalue weighted by Crippen LogP contribution is -2.23. The van der Waals surface area contributed by atoms with E-state index in [9.17, 15) is 9.59 Å². The fourth-order valence-electron chi connectivity index (χ4n) is 2.73. The summed E-state index contributed by atoms with van der Waals surface area (Å²) in [5.74, 6) is 1.38. The zero-order chi connectivity index (χ0) is 21.7. The van der Waals surface area contributed by atoms with Crippen LogP contribution < -0.4 is 20.9 Å². The van der Waals surface area contributed by atoms with Crippen molar-refractivity contribution in [3.8, 4) is 11.7 Å². The van der Waals surface area contributed by atoms with E-state index in [1.807, 2.05) is 12.1 Å². The minimum atomic E-state index is -0.443. The summed E-state index contributed by atoms with van der Waals surface area (Å²) >= 11 is 0. The zero-order valence-corrected chi connectivity index (χ0v) is 17.6. The third-order valence-electron chi connectivity index (χ3n) is 4.53. The highest BCUT2D eigenvalue weighted by molar-refractivity contribution is 5.99. The molecular formula is C21H26N6O3. The van der Waals surface area contributed by atoms with Crippen LogP contribution in [0.1, 0.15) is 36.7 Å². The molecule has 2 heterocycles. The average molecular weight is 410 g/mol. The molecule has 2 aromatic heterocycles. The molecule has 0 saturated heterocycles. The molecule has 0 bridgehead atoms. The van der Waals surface area contributed by atoms with Crippen LogP contribution in [0.15, 0.2) is 35.1 Å². The molecule has 0 fully saturated rings. The Morgan fingerprint density at radius 1 is 1.17 bits per heavy atom. The van der Waals surface area contributed by atoms with Crippen molar-refractivity contribution < 1.29 is 9.53 Å². The number of nitrogens with zero attached hydrogens (tertiary/aromatic N) is 3. The molecule has 158 valence electrons. The fraction of sp³-hybridized carbons (Fsp3) is 0.333. The van der Waals surface area contributed by atoms with Crippen LogP contribution in [-0.2, 0) is 0 Å². The van der Waals surface area contributed by atoms with Gasteiger partial charge in [0.05, 0.1) is 12.3 Å². The van der Waals surface area contributed by atoms with E-state index in [1.54, 1.807) is 39.0 Å². The number of aromatic nitrogens is 4. The minimum Gasteiger partial charge on any atom is -0.494 e. The molecule has 3 aromatic rings. The van der Waals surface area contributed by atoms with E-state index in [-0.39, 0.29) is 11.5 Å². The molecule has 0 aliphatic carbocycles. The van der Waals surface area contributed by atoms with Crippen molar-refractivity contribution in [1.82, 2.24) is 19.7 Å². The number of aryl methyl sites for hydroxylation is 2. The lowest BCUT2D eigenvalue weighted by atomic mass is 10.3. The van der Waals surface area contributed by atoms with Crippen molar-refractivity contribution in [3.63, 3.8) is 0 Å².